The van der Waals surface area contributed by atoms with Gasteiger partial charge in [-0.1, -0.05) is 6.92 Å². The van der Waals surface area contributed by atoms with Crippen molar-refractivity contribution >= 4 is 0 Å². The largest absolute Gasteiger partial charge is 0.476 e. The van der Waals surface area contributed by atoms with Crippen LogP contribution in [-0.4, -0.2) is 29.7 Å². The van der Waals surface area contributed by atoms with Gasteiger partial charge in [0.25, 0.3) is 0 Å². The third-order valence-electron chi connectivity index (χ3n) is 1.53. The van der Waals surface area contributed by atoms with Crippen LogP contribution in [0.4, 0.5) is 0 Å². The lowest BCUT2D eigenvalue weighted by Crippen LogP contribution is -2.20. The predicted molar refractivity (Wildman–Crippen MR) is 50.8 cm³/mol. The molecule has 0 aliphatic heterocycles. The van der Waals surface area contributed by atoms with Crippen molar-refractivity contribution in [1.82, 2.24) is 15.3 Å². The highest BCUT2D eigenvalue weighted by Gasteiger charge is 1.94. The van der Waals surface area contributed by atoms with E-state index >= 15 is 0 Å². The van der Waals surface area contributed by atoms with Crippen molar-refractivity contribution in [2.24, 2.45) is 0 Å². The maximum Gasteiger partial charge on any atom is 0.216 e. The molecule has 0 spiro atoms. The summed E-state index contributed by atoms with van der Waals surface area (Å²) in [7, 11) is 0. The van der Waals surface area contributed by atoms with E-state index in [4.69, 9.17) is 4.74 Å². The number of nitrogens with one attached hydrogen (secondary N) is 1. The van der Waals surface area contributed by atoms with Gasteiger partial charge in [0.15, 0.2) is 0 Å². The second kappa shape index (κ2) is 5.48. The molecule has 1 N–H and O–H groups in total. The molecule has 0 aliphatic rings. The minimum Gasteiger partial charge on any atom is -0.476 e. The van der Waals surface area contributed by atoms with Crippen LogP contribution in [0.5, 0.6) is 5.88 Å². The summed E-state index contributed by atoms with van der Waals surface area (Å²) in [6.45, 7) is 6.36. The number of rotatable bonds is 5. The Hall–Kier alpha value is -1.16. The van der Waals surface area contributed by atoms with E-state index in [0.29, 0.717) is 12.5 Å². The second-order valence-corrected chi connectivity index (χ2v) is 2.64. The quantitative estimate of drug-likeness (QED) is 0.682. The fraction of sp³-hybridized carbons (Fsp3) is 0.556. The average molecular weight is 181 g/mol. The third kappa shape index (κ3) is 3.85. The first-order valence-electron chi connectivity index (χ1n) is 4.46. The highest BCUT2D eigenvalue weighted by atomic mass is 16.5. The van der Waals surface area contributed by atoms with Gasteiger partial charge in [-0.3, -0.25) is 0 Å². The van der Waals surface area contributed by atoms with Crippen molar-refractivity contribution in [2.75, 3.05) is 19.7 Å². The first kappa shape index (κ1) is 9.92. The number of likely N-dealkylation sites (N-methyl/N-ethyl adjacent to an activating group) is 1. The molecule has 0 fully saturated rings. The Morgan fingerprint density at radius 3 is 3.08 bits per heavy atom. The first-order valence-corrected chi connectivity index (χ1v) is 4.46. The van der Waals surface area contributed by atoms with Crippen molar-refractivity contribution in [3.63, 3.8) is 0 Å². The van der Waals surface area contributed by atoms with Crippen LogP contribution in [0, 0.1) is 6.92 Å². The van der Waals surface area contributed by atoms with Gasteiger partial charge in [0, 0.05) is 18.8 Å². The topological polar surface area (TPSA) is 47.0 Å². The van der Waals surface area contributed by atoms with Gasteiger partial charge in [0.1, 0.15) is 12.4 Å². The molecule has 0 atom stereocenters. The predicted octanol–water partition coefficient (Wildman–Crippen LogP) is 0.773. The molecule has 0 aromatic carbocycles. The van der Waals surface area contributed by atoms with E-state index in [1.165, 1.54) is 0 Å². The first-order chi connectivity index (χ1) is 6.33. The molecule has 0 aliphatic carbocycles. The molecule has 1 aromatic rings. The lowest BCUT2D eigenvalue weighted by Gasteiger charge is -2.04. The number of aromatic nitrogens is 2. The lowest BCUT2D eigenvalue weighted by atomic mass is 10.5. The van der Waals surface area contributed by atoms with Gasteiger partial charge in [-0.2, -0.15) is 4.98 Å². The third-order valence-corrected chi connectivity index (χ3v) is 1.53. The molecule has 0 saturated heterocycles. The van der Waals surface area contributed by atoms with Gasteiger partial charge < -0.3 is 10.1 Å². The Bertz CT molecular complexity index is 252. The molecule has 72 valence electrons. The average Bonchev–Trinajstić information content (AvgIpc) is 2.13. The van der Waals surface area contributed by atoms with Gasteiger partial charge in [0.05, 0.1) is 0 Å². The van der Waals surface area contributed by atoms with Gasteiger partial charge >= 0.3 is 0 Å². The molecule has 4 nitrogen and oxygen atoms in total. The number of ether oxygens (including phenoxy) is 1. The highest BCUT2D eigenvalue weighted by molar-refractivity contribution is 5.07. The van der Waals surface area contributed by atoms with Gasteiger partial charge in [0.2, 0.25) is 5.88 Å². The summed E-state index contributed by atoms with van der Waals surface area (Å²) >= 11 is 0. The standard InChI is InChI=1S/C9H15N3O/c1-3-10-6-7-13-9-4-5-11-8(2)12-9/h4-5,10H,3,6-7H2,1-2H3. The van der Waals surface area contributed by atoms with Crippen molar-refractivity contribution in [3.8, 4) is 5.88 Å². The molecule has 0 unspecified atom stereocenters. The monoisotopic (exact) mass is 181 g/mol. The zero-order valence-corrected chi connectivity index (χ0v) is 8.08. The molecule has 4 heteroatoms. The minimum absolute atomic E-state index is 0.643. The Morgan fingerprint density at radius 2 is 2.38 bits per heavy atom. The summed E-state index contributed by atoms with van der Waals surface area (Å²) < 4.78 is 5.38. The summed E-state index contributed by atoms with van der Waals surface area (Å²) in [5.74, 6) is 1.38. The molecular formula is C9H15N3O. The Labute approximate surface area is 78.4 Å². The molecule has 0 amide bonds. The van der Waals surface area contributed by atoms with E-state index < -0.39 is 0 Å². The van der Waals surface area contributed by atoms with Crippen LogP contribution in [0.3, 0.4) is 0 Å². The maximum absolute atomic E-state index is 5.38. The summed E-state index contributed by atoms with van der Waals surface area (Å²) in [5.41, 5.74) is 0. The van der Waals surface area contributed by atoms with E-state index in [0.717, 1.165) is 18.9 Å². The van der Waals surface area contributed by atoms with Crippen molar-refractivity contribution in [1.29, 1.82) is 0 Å². The van der Waals surface area contributed by atoms with Gasteiger partial charge in [-0.15, -0.1) is 0 Å². The second-order valence-electron chi connectivity index (χ2n) is 2.64. The van der Waals surface area contributed by atoms with Gasteiger partial charge in [-0.05, 0) is 13.5 Å². The van der Waals surface area contributed by atoms with Crippen molar-refractivity contribution in [2.45, 2.75) is 13.8 Å². The number of hydrogen-bond donors (Lipinski definition) is 1. The fourth-order valence-electron chi connectivity index (χ4n) is 0.919. The molecule has 13 heavy (non-hydrogen) atoms. The molecule has 1 rings (SSSR count). The summed E-state index contributed by atoms with van der Waals surface area (Å²) in [6, 6.07) is 1.76. The molecule has 1 aromatic heterocycles. The fourth-order valence-corrected chi connectivity index (χ4v) is 0.919. The van der Waals surface area contributed by atoms with Gasteiger partial charge in [-0.25, -0.2) is 4.98 Å². The van der Waals surface area contributed by atoms with Crippen LogP contribution >= 0.6 is 0 Å². The smallest absolute Gasteiger partial charge is 0.216 e. The lowest BCUT2D eigenvalue weighted by molar-refractivity contribution is 0.302. The Kier molecular flexibility index (Phi) is 4.18. The normalized spacial score (nSPS) is 10.0. The van der Waals surface area contributed by atoms with Crippen LogP contribution in [0.1, 0.15) is 12.7 Å². The molecule has 0 bridgehead atoms. The Balaban J connectivity index is 2.28. The van der Waals surface area contributed by atoms with Crippen LogP contribution in [0.25, 0.3) is 0 Å². The number of hydrogen-bond acceptors (Lipinski definition) is 4. The van der Waals surface area contributed by atoms with Crippen LogP contribution < -0.4 is 10.1 Å². The van der Waals surface area contributed by atoms with E-state index in [1.807, 2.05) is 6.92 Å². The van der Waals surface area contributed by atoms with Crippen LogP contribution in [-0.2, 0) is 0 Å². The molecule has 0 saturated carbocycles. The number of nitrogens with zero attached hydrogens (tertiary/aromatic N) is 2. The van der Waals surface area contributed by atoms with Crippen molar-refractivity contribution < 1.29 is 4.74 Å². The summed E-state index contributed by atoms with van der Waals surface area (Å²) in [5, 5.41) is 3.16. The molecular weight excluding hydrogens is 166 g/mol. The zero-order chi connectivity index (χ0) is 9.52. The Morgan fingerprint density at radius 1 is 1.54 bits per heavy atom. The van der Waals surface area contributed by atoms with E-state index in [-0.39, 0.29) is 0 Å². The molecule has 1 heterocycles. The van der Waals surface area contributed by atoms with E-state index in [2.05, 4.69) is 22.2 Å². The zero-order valence-electron chi connectivity index (χ0n) is 8.08. The SMILES string of the molecule is CCNCCOc1ccnc(C)n1. The summed E-state index contributed by atoms with van der Waals surface area (Å²) in [6.07, 6.45) is 1.70. The van der Waals surface area contributed by atoms with E-state index in [1.54, 1.807) is 12.3 Å². The highest BCUT2D eigenvalue weighted by Crippen LogP contribution is 2.03. The van der Waals surface area contributed by atoms with Crippen LogP contribution in [0.2, 0.25) is 0 Å². The number of aryl methyl sites for hydroxylation is 1. The molecule has 0 radical (unpaired) electrons. The van der Waals surface area contributed by atoms with Crippen molar-refractivity contribution in [3.05, 3.63) is 18.1 Å². The minimum atomic E-state index is 0.643. The van der Waals surface area contributed by atoms with Crippen LogP contribution in [0.15, 0.2) is 12.3 Å². The van der Waals surface area contributed by atoms with E-state index in [9.17, 15) is 0 Å². The maximum atomic E-state index is 5.38. The summed E-state index contributed by atoms with van der Waals surface area (Å²) in [4.78, 5) is 8.09.